The van der Waals surface area contributed by atoms with Crippen molar-refractivity contribution < 1.29 is 23.8 Å². The minimum atomic E-state index is -1.32. The third-order valence-electron chi connectivity index (χ3n) is 2.25. The largest absolute Gasteiger partial charge is 0.467 e. The molecule has 0 aliphatic rings. The lowest BCUT2D eigenvalue weighted by molar-refractivity contribution is -0.173. The summed E-state index contributed by atoms with van der Waals surface area (Å²) in [6, 6.07) is 0. The molecule has 0 N–H and O–H groups in total. The SMILES string of the molecule is C=CCC(C)(C)COC(C(=O)OC)C(=O)OCC. The molecule has 0 saturated heterocycles. The van der Waals surface area contributed by atoms with Crippen molar-refractivity contribution in [2.24, 2.45) is 5.41 Å². The van der Waals surface area contributed by atoms with Crippen LogP contribution in [0.5, 0.6) is 0 Å². The van der Waals surface area contributed by atoms with Gasteiger partial charge in [0, 0.05) is 0 Å². The Bertz CT molecular complexity index is 296. The Morgan fingerprint density at radius 2 is 1.94 bits per heavy atom. The number of carbonyl (C=O) groups excluding carboxylic acids is 2. The van der Waals surface area contributed by atoms with E-state index >= 15 is 0 Å². The quantitative estimate of drug-likeness (QED) is 0.377. The highest BCUT2D eigenvalue weighted by atomic mass is 16.6. The van der Waals surface area contributed by atoms with Crippen LogP contribution in [0.1, 0.15) is 27.2 Å². The van der Waals surface area contributed by atoms with E-state index in [2.05, 4.69) is 11.3 Å². The van der Waals surface area contributed by atoms with Gasteiger partial charge >= 0.3 is 11.9 Å². The predicted molar refractivity (Wildman–Crippen MR) is 67.0 cm³/mol. The van der Waals surface area contributed by atoms with Crippen LogP contribution in [-0.4, -0.2) is 38.4 Å². The third kappa shape index (κ3) is 5.82. The number of hydrogen-bond acceptors (Lipinski definition) is 5. The van der Waals surface area contributed by atoms with Crippen LogP contribution in [0.15, 0.2) is 12.7 Å². The summed E-state index contributed by atoms with van der Waals surface area (Å²) in [5.41, 5.74) is -0.208. The molecular formula is C13H22O5. The van der Waals surface area contributed by atoms with Crippen LogP contribution in [0.25, 0.3) is 0 Å². The maximum atomic E-state index is 11.6. The van der Waals surface area contributed by atoms with Crippen LogP contribution < -0.4 is 0 Å². The molecule has 0 radical (unpaired) electrons. The van der Waals surface area contributed by atoms with Crippen LogP contribution in [0.3, 0.4) is 0 Å². The van der Waals surface area contributed by atoms with E-state index in [4.69, 9.17) is 9.47 Å². The molecule has 5 nitrogen and oxygen atoms in total. The predicted octanol–water partition coefficient (Wildman–Crippen LogP) is 1.71. The van der Waals surface area contributed by atoms with E-state index in [1.807, 2.05) is 13.8 Å². The molecule has 0 fully saturated rings. The van der Waals surface area contributed by atoms with Crippen molar-refractivity contribution in [2.75, 3.05) is 20.3 Å². The standard InChI is InChI=1S/C13H22O5/c1-6-8-13(3,4)9-18-10(11(14)16-5)12(15)17-7-2/h6,10H,1,7-9H2,2-5H3. The van der Waals surface area contributed by atoms with Gasteiger partial charge in [0.05, 0.1) is 20.3 Å². The Balaban J connectivity index is 4.56. The summed E-state index contributed by atoms with van der Waals surface area (Å²) in [5.74, 6) is -1.47. The molecule has 0 saturated carbocycles. The highest BCUT2D eigenvalue weighted by Crippen LogP contribution is 2.21. The van der Waals surface area contributed by atoms with Crippen molar-refractivity contribution in [3.8, 4) is 0 Å². The average Bonchev–Trinajstić information content (AvgIpc) is 2.28. The molecular weight excluding hydrogens is 236 g/mol. The Morgan fingerprint density at radius 3 is 2.39 bits per heavy atom. The zero-order valence-electron chi connectivity index (χ0n) is 11.5. The number of methoxy groups -OCH3 is 1. The summed E-state index contributed by atoms with van der Waals surface area (Å²) in [4.78, 5) is 23.0. The minimum absolute atomic E-state index is 0.186. The Morgan fingerprint density at radius 1 is 1.33 bits per heavy atom. The first-order valence-corrected chi connectivity index (χ1v) is 5.85. The molecule has 0 amide bonds. The van der Waals surface area contributed by atoms with Crippen molar-refractivity contribution in [3.63, 3.8) is 0 Å². The van der Waals surface area contributed by atoms with Gasteiger partial charge in [-0.15, -0.1) is 6.58 Å². The Kier molecular flexibility index (Phi) is 7.27. The molecule has 0 aromatic heterocycles. The minimum Gasteiger partial charge on any atom is -0.467 e. The van der Waals surface area contributed by atoms with E-state index < -0.39 is 18.0 Å². The van der Waals surface area contributed by atoms with E-state index in [1.54, 1.807) is 13.0 Å². The molecule has 0 spiro atoms. The van der Waals surface area contributed by atoms with Gasteiger partial charge in [-0.3, -0.25) is 0 Å². The highest BCUT2D eigenvalue weighted by molar-refractivity contribution is 5.97. The zero-order chi connectivity index (χ0) is 14.2. The molecule has 104 valence electrons. The van der Waals surface area contributed by atoms with Crippen molar-refractivity contribution in [2.45, 2.75) is 33.3 Å². The lowest BCUT2D eigenvalue weighted by Gasteiger charge is -2.24. The second-order valence-electron chi connectivity index (χ2n) is 4.62. The van der Waals surface area contributed by atoms with Crippen molar-refractivity contribution in [3.05, 3.63) is 12.7 Å². The van der Waals surface area contributed by atoms with Crippen molar-refractivity contribution in [1.29, 1.82) is 0 Å². The summed E-state index contributed by atoms with van der Waals surface area (Å²) in [6.07, 6.45) is 1.16. The van der Waals surface area contributed by atoms with Gasteiger partial charge < -0.3 is 14.2 Å². The molecule has 0 rings (SSSR count). The van der Waals surface area contributed by atoms with Gasteiger partial charge in [-0.05, 0) is 18.8 Å². The summed E-state index contributed by atoms with van der Waals surface area (Å²) in [7, 11) is 1.20. The molecule has 0 heterocycles. The monoisotopic (exact) mass is 258 g/mol. The van der Waals surface area contributed by atoms with Gasteiger partial charge in [0.25, 0.3) is 6.10 Å². The molecule has 5 heteroatoms. The average molecular weight is 258 g/mol. The van der Waals surface area contributed by atoms with Crippen LogP contribution in [-0.2, 0) is 23.8 Å². The topological polar surface area (TPSA) is 61.8 Å². The van der Waals surface area contributed by atoms with Gasteiger partial charge in [0.15, 0.2) is 0 Å². The van der Waals surface area contributed by atoms with Gasteiger partial charge in [-0.25, -0.2) is 9.59 Å². The van der Waals surface area contributed by atoms with E-state index in [1.165, 1.54) is 7.11 Å². The summed E-state index contributed by atoms with van der Waals surface area (Å²) >= 11 is 0. The number of ether oxygens (including phenoxy) is 3. The van der Waals surface area contributed by atoms with E-state index in [0.29, 0.717) is 6.42 Å². The number of carbonyl (C=O) groups is 2. The fourth-order valence-electron chi connectivity index (χ4n) is 1.32. The van der Waals surface area contributed by atoms with Crippen LogP contribution >= 0.6 is 0 Å². The normalized spacial score (nSPS) is 12.7. The Labute approximate surface area is 108 Å². The first kappa shape index (κ1) is 16.6. The van der Waals surface area contributed by atoms with E-state index in [9.17, 15) is 9.59 Å². The van der Waals surface area contributed by atoms with E-state index in [0.717, 1.165) is 0 Å². The second kappa shape index (κ2) is 7.87. The summed E-state index contributed by atoms with van der Waals surface area (Å²) in [6.45, 7) is 9.64. The molecule has 1 atom stereocenters. The number of hydrogen-bond donors (Lipinski definition) is 0. The summed E-state index contributed by atoms with van der Waals surface area (Å²) < 4.78 is 14.6. The Hall–Kier alpha value is -1.36. The first-order valence-electron chi connectivity index (χ1n) is 5.85. The van der Waals surface area contributed by atoms with Gasteiger partial charge in [-0.2, -0.15) is 0 Å². The highest BCUT2D eigenvalue weighted by Gasteiger charge is 2.32. The lowest BCUT2D eigenvalue weighted by atomic mass is 9.90. The van der Waals surface area contributed by atoms with E-state index in [-0.39, 0.29) is 18.6 Å². The number of allylic oxidation sites excluding steroid dienone is 1. The maximum absolute atomic E-state index is 11.6. The number of rotatable bonds is 8. The number of esters is 2. The molecule has 1 unspecified atom stereocenters. The van der Waals surface area contributed by atoms with Crippen molar-refractivity contribution >= 4 is 11.9 Å². The summed E-state index contributed by atoms with van der Waals surface area (Å²) in [5, 5.41) is 0. The van der Waals surface area contributed by atoms with Crippen LogP contribution in [0, 0.1) is 5.41 Å². The molecule has 0 bridgehead atoms. The van der Waals surface area contributed by atoms with Crippen molar-refractivity contribution in [1.82, 2.24) is 0 Å². The van der Waals surface area contributed by atoms with Gasteiger partial charge in [-0.1, -0.05) is 19.9 Å². The smallest absolute Gasteiger partial charge is 0.347 e. The molecule has 18 heavy (non-hydrogen) atoms. The maximum Gasteiger partial charge on any atom is 0.347 e. The first-order chi connectivity index (χ1) is 8.37. The third-order valence-corrected chi connectivity index (χ3v) is 2.25. The van der Waals surface area contributed by atoms with Crippen LogP contribution in [0.2, 0.25) is 0 Å². The fraction of sp³-hybridized carbons (Fsp3) is 0.692. The molecule has 0 aliphatic heterocycles. The second-order valence-corrected chi connectivity index (χ2v) is 4.62. The lowest BCUT2D eigenvalue weighted by Crippen LogP contribution is -2.38. The molecule has 0 aromatic carbocycles. The van der Waals surface area contributed by atoms with Gasteiger partial charge in [0.1, 0.15) is 0 Å². The fourth-order valence-corrected chi connectivity index (χ4v) is 1.32. The molecule has 0 aliphatic carbocycles. The van der Waals surface area contributed by atoms with Gasteiger partial charge in [0.2, 0.25) is 0 Å². The van der Waals surface area contributed by atoms with Crippen LogP contribution in [0.4, 0.5) is 0 Å². The molecule has 0 aromatic rings. The zero-order valence-corrected chi connectivity index (χ0v) is 11.5.